The summed E-state index contributed by atoms with van der Waals surface area (Å²) in [7, 11) is 0. The van der Waals surface area contributed by atoms with E-state index in [-0.39, 0.29) is 25.2 Å². The number of carbonyl (C=O) groups is 2. The summed E-state index contributed by atoms with van der Waals surface area (Å²) in [6.45, 7) is 11.8. The van der Waals surface area contributed by atoms with Gasteiger partial charge in [0.1, 0.15) is 23.3 Å². The highest BCUT2D eigenvalue weighted by atomic mass is 16.6. The molecular formula is C31H39N3O6. The molecule has 4 rings (SSSR count). The zero-order valence-corrected chi connectivity index (χ0v) is 24.1. The second-order valence-electron chi connectivity index (χ2n) is 11.1. The van der Waals surface area contributed by atoms with Crippen LogP contribution in [0.4, 0.5) is 4.79 Å². The molecule has 2 atom stereocenters. The Bertz CT molecular complexity index is 1320. The van der Waals surface area contributed by atoms with Crippen LogP contribution in [0.3, 0.4) is 0 Å². The number of fused-ring (bicyclic) bond motifs is 1. The minimum absolute atomic E-state index is 0.0199. The number of rotatable bonds is 8. The molecule has 0 spiro atoms. The molecule has 1 aliphatic heterocycles. The first kappa shape index (κ1) is 29.1. The van der Waals surface area contributed by atoms with Crippen LogP contribution in [0.25, 0.3) is 5.82 Å². The van der Waals surface area contributed by atoms with Crippen LogP contribution in [0.1, 0.15) is 73.1 Å². The summed E-state index contributed by atoms with van der Waals surface area (Å²) in [6, 6.07) is 13.0. The minimum atomic E-state index is -0.969. The van der Waals surface area contributed by atoms with Crippen LogP contribution in [0.5, 0.6) is 5.75 Å². The smallest absolute Gasteiger partial charge is 0.410 e. The van der Waals surface area contributed by atoms with E-state index in [1.165, 1.54) is 4.90 Å². The Morgan fingerprint density at radius 1 is 1.15 bits per heavy atom. The number of pyridine rings is 1. The van der Waals surface area contributed by atoms with Crippen molar-refractivity contribution in [2.24, 2.45) is 0 Å². The average Bonchev–Trinajstić information content (AvgIpc) is 3.24. The van der Waals surface area contributed by atoms with E-state index in [1.54, 1.807) is 31.3 Å². The molecule has 0 fully saturated rings. The van der Waals surface area contributed by atoms with Gasteiger partial charge in [0.2, 0.25) is 0 Å². The lowest BCUT2D eigenvalue weighted by atomic mass is 9.99. The molecule has 9 heteroatoms. The van der Waals surface area contributed by atoms with E-state index in [9.17, 15) is 14.7 Å². The van der Waals surface area contributed by atoms with Gasteiger partial charge in [-0.15, -0.1) is 0 Å². The maximum absolute atomic E-state index is 13.2. The molecule has 1 amide bonds. The first-order valence-electron chi connectivity index (χ1n) is 13.7. The van der Waals surface area contributed by atoms with Gasteiger partial charge in [0.25, 0.3) is 0 Å². The largest absolute Gasteiger partial charge is 0.488 e. The predicted octanol–water partition coefficient (Wildman–Crippen LogP) is 5.33. The van der Waals surface area contributed by atoms with Gasteiger partial charge in [-0.05, 0) is 96.3 Å². The van der Waals surface area contributed by atoms with Crippen molar-refractivity contribution in [1.82, 2.24) is 14.5 Å². The van der Waals surface area contributed by atoms with Gasteiger partial charge in [0.05, 0.1) is 31.4 Å². The van der Waals surface area contributed by atoms with E-state index in [4.69, 9.17) is 14.2 Å². The molecule has 1 N–H and O–H groups in total. The van der Waals surface area contributed by atoms with Crippen LogP contribution in [-0.2, 0) is 15.9 Å². The third-order valence-corrected chi connectivity index (χ3v) is 6.73. The van der Waals surface area contributed by atoms with Gasteiger partial charge in [-0.25, -0.2) is 14.6 Å². The molecule has 2 unspecified atom stereocenters. The molecule has 1 aromatic carbocycles. The number of carbonyl (C=O) groups excluding carboxylic acids is 2. The lowest BCUT2D eigenvalue weighted by Crippen LogP contribution is -2.45. The highest BCUT2D eigenvalue weighted by molar-refractivity contribution is 5.89. The van der Waals surface area contributed by atoms with E-state index >= 15 is 0 Å². The molecule has 0 aliphatic carbocycles. The van der Waals surface area contributed by atoms with E-state index in [2.05, 4.69) is 4.98 Å². The zero-order valence-electron chi connectivity index (χ0n) is 24.1. The molecule has 2 aromatic heterocycles. The number of amides is 1. The van der Waals surface area contributed by atoms with Crippen molar-refractivity contribution in [2.75, 3.05) is 19.7 Å². The fraction of sp³-hybridized carbons (Fsp3) is 0.452. The van der Waals surface area contributed by atoms with E-state index in [0.29, 0.717) is 36.3 Å². The highest BCUT2D eigenvalue weighted by Crippen LogP contribution is 2.30. The normalized spacial score (nSPS) is 15.5. The predicted molar refractivity (Wildman–Crippen MR) is 151 cm³/mol. The quantitative estimate of drug-likeness (QED) is 0.379. The monoisotopic (exact) mass is 549 g/mol. The van der Waals surface area contributed by atoms with Gasteiger partial charge in [-0.1, -0.05) is 6.07 Å². The third-order valence-electron chi connectivity index (χ3n) is 6.73. The van der Waals surface area contributed by atoms with Crippen molar-refractivity contribution in [3.05, 3.63) is 76.7 Å². The number of esters is 1. The maximum Gasteiger partial charge on any atom is 0.410 e. The van der Waals surface area contributed by atoms with Gasteiger partial charge in [0, 0.05) is 23.1 Å². The van der Waals surface area contributed by atoms with Crippen molar-refractivity contribution in [3.8, 4) is 11.6 Å². The molecule has 3 aromatic rings. The maximum atomic E-state index is 13.2. The summed E-state index contributed by atoms with van der Waals surface area (Å²) in [4.78, 5) is 31.3. The molecule has 0 radical (unpaired) electrons. The third kappa shape index (κ3) is 7.01. The first-order chi connectivity index (χ1) is 18.9. The lowest BCUT2D eigenvalue weighted by Gasteiger charge is -2.33. The number of hydrogen-bond donors (Lipinski definition) is 1. The van der Waals surface area contributed by atoms with Crippen LogP contribution in [0.2, 0.25) is 0 Å². The summed E-state index contributed by atoms with van der Waals surface area (Å²) in [5.41, 5.74) is 3.45. The summed E-state index contributed by atoms with van der Waals surface area (Å²) in [5.74, 6) is 1.07. The van der Waals surface area contributed by atoms with E-state index in [1.807, 2.05) is 63.5 Å². The molecule has 0 saturated heterocycles. The number of aliphatic hydroxyl groups excluding tert-OH is 1. The Kier molecular flexibility index (Phi) is 8.83. The number of aliphatic hydroxyl groups is 1. The number of nitrogens with zero attached hydrogens (tertiary/aromatic N) is 3. The van der Waals surface area contributed by atoms with Crippen molar-refractivity contribution >= 4 is 12.1 Å². The summed E-state index contributed by atoms with van der Waals surface area (Å²) >= 11 is 0. The zero-order chi connectivity index (χ0) is 29.0. The molecule has 214 valence electrons. The van der Waals surface area contributed by atoms with E-state index in [0.717, 1.165) is 22.8 Å². The van der Waals surface area contributed by atoms with E-state index < -0.39 is 17.8 Å². The molecular weight excluding hydrogens is 510 g/mol. The molecule has 40 heavy (non-hydrogen) atoms. The Hall–Kier alpha value is -3.85. The van der Waals surface area contributed by atoms with Crippen LogP contribution in [0, 0.1) is 13.8 Å². The van der Waals surface area contributed by atoms with Crippen molar-refractivity contribution < 1.29 is 28.9 Å². The fourth-order valence-corrected chi connectivity index (χ4v) is 4.78. The van der Waals surface area contributed by atoms with Crippen molar-refractivity contribution in [1.29, 1.82) is 0 Å². The van der Waals surface area contributed by atoms with Crippen molar-refractivity contribution in [2.45, 2.75) is 72.2 Å². The van der Waals surface area contributed by atoms with Crippen LogP contribution >= 0.6 is 0 Å². The van der Waals surface area contributed by atoms with Crippen LogP contribution in [0.15, 0.2) is 48.7 Å². The number of aromatic nitrogens is 2. The Labute approximate surface area is 235 Å². The number of aryl methyl sites for hydroxylation is 3. The molecule has 3 heterocycles. The second-order valence-corrected chi connectivity index (χ2v) is 11.1. The number of hydrogen-bond acceptors (Lipinski definition) is 7. The van der Waals surface area contributed by atoms with Gasteiger partial charge in [0.15, 0.2) is 0 Å². The average molecular weight is 550 g/mol. The molecule has 0 bridgehead atoms. The van der Waals surface area contributed by atoms with Gasteiger partial charge < -0.3 is 28.8 Å². The topological polar surface area (TPSA) is 103 Å². The SMILES string of the molecule is CCOC(=O)c1ccc2c(c1)CCC(CN(CC(O)c1ccc(-n3c(C)ccc3C)nc1)C(=O)OC(C)(C)C)O2. The Morgan fingerprint density at radius 2 is 1.88 bits per heavy atom. The lowest BCUT2D eigenvalue weighted by molar-refractivity contribution is 0.00362. The number of benzene rings is 1. The minimum Gasteiger partial charge on any atom is -0.488 e. The molecule has 9 nitrogen and oxygen atoms in total. The van der Waals surface area contributed by atoms with Crippen LogP contribution in [-0.4, -0.2) is 63.0 Å². The van der Waals surface area contributed by atoms with Gasteiger partial charge in [-0.2, -0.15) is 0 Å². The second kappa shape index (κ2) is 12.1. The summed E-state index contributed by atoms with van der Waals surface area (Å²) in [5, 5.41) is 11.1. The summed E-state index contributed by atoms with van der Waals surface area (Å²) < 4.78 is 19.0. The summed E-state index contributed by atoms with van der Waals surface area (Å²) in [6.07, 6.45) is 1.16. The Balaban J connectivity index is 1.47. The molecule has 0 saturated carbocycles. The van der Waals surface area contributed by atoms with Crippen LogP contribution < -0.4 is 4.74 Å². The fourth-order valence-electron chi connectivity index (χ4n) is 4.78. The first-order valence-corrected chi connectivity index (χ1v) is 13.7. The number of ether oxygens (including phenoxy) is 3. The van der Waals surface area contributed by atoms with Crippen molar-refractivity contribution in [3.63, 3.8) is 0 Å². The van der Waals surface area contributed by atoms with Gasteiger partial charge >= 0.3 is 12.1 Å². The van der Waals surface area contributed by atoms with Gasteiger partial charge in [-0.3, -0.25) is 0 Å². The standard InChI is InChI=1S/C31H39N3O6/c1-7-38-29(36)23-11-14-27-22(16-23)10-13-25(39-27)18-33(30(37)40-31(4,5)6)19-26(35)24-12-15-28(32-17-24)34-20(2)8-9-21(34)3/h8-9,11-12,14-17,25-26,35H,7,10,13,18-19H2,1-6H3. The Morgan fingerprint density at radius 3 is 2.50 bits per heavy atom. The molecule has 1 aliphatic rings. The highest BCUT2D eigenvalue weighted by Gasteiger charge is 2.30.